The van der Waals surface area contributed by atoms with Gasteiger partial charge in [-0.2, -0.15) is 0 Å². The van der Waals surface area contributed by atoms with E-state index in [1.807, 2.05) is 0 Å². The number of amides is 1. The molecular weight excluding hydrogens is 457 g/mol. The van der Waals surface area contributed by atoms with E-state index in [0.717, 1.165) is 32.1 Å². The van der Waals surface area contributed by atoms with Crippen molar-refractivity contribution < 1.29 is 23.8 Å². The van der Waals surface area contributed by atoms with Crippen LogP contribution in [0.15, 0.2) is 30.3 Å². The number of ether oxygens (including phenoxy) is 1. The minimum atomic E-state index is -0.946. The Morgan fingerprint density at radius 3 is 2.31 bits per heavy atom. The highest BCUT2D eigenvalue weighted by atomic mass is 19.1. The zero-order valence-electron chi connectivity index (χ0n) is 20.8. The molecule has 0 spiro atoms. The van der Waals surface area contributed by atoms with Crippen molar-refractivity contribution in [2.24, 2.45) is 29.1 Å². The van der Waals surface area contributed by atoms with Gasteiger partial charge in [-0.1, -0.05) is 25.3 Å². The van der Waals surface area contributed by atoms with E-state index >= 15 is 0 Å². The average molecular weight is 494 g/mol. The largest absolute Gasteiger partial charge is 0.492 e. The third kappa shape index (κ3) is 4.37. The van der Waals surface area contributed by atoms with Gasteiger partial charge in [0.25, 0.3) is 5.91 Å². The van der Waals surface area contributed by atoms with Gasteiger partial charge in [-0.05, 0) is 105 Å². The molecule has 5 aliphatic rings. The van der Waals surface area contributed by atoms with E-state index in [2.05, 4.69) is 5.32 Å². The van der Waals surface area contributed by atoms with Crippen molar-refractivity contribution in [3.05, 3.63) is 41.7 Å². The molecule has 6 heteroatoms. The molecule has 1 atom stereocenters. The number of rotatable bonds is 7. The maximum Gasteiger partial charge on any atom is 0.326 e. The first-order valence-corrected chi connectivity index (χ1v) is 13.8. The fourth-order valence-corrected chi connectivity index (χ4v) is 8.38. The lowest BCUT2D eigenvalue weighted by atomic mass is 9.47. The van der Waals surface area contributed by atoms with Crippen LogP contribution in [0, 0.1) is 34.9 Å². The molecule has 0 saturated heterocycles. The van der Waals surface area contributed by atoms with Crippen LogP contribution in [0.5, 0.6) is 5.75 Å². The Morgan fingerprint density at radius 1 is 1.00 bits per heavy atom. The summed E-state index contributed by atoms with van der Waals surface area (Å²) in [4.78, 5) is 26.3. The van der Waals surface area contributed by atoms with Crippen molar-refractivity contribution in [1.82, 2.24) is 5.32 Å². The lowest BCUT2D eigenvalue weighted by Gasteiger charge is -2.58. The highest BCUT2D eigenvalue weighted by Gasteiger charge is 2.56. The Bertz CT molecular complexity index is 1140. The summed E-state index contributed by atoms with van der Waals surface area (Å²) in [6, 6.07) is 6.96. The van der Waals surface area contributed by atoms with E-state index in [1.165, 1.54) is 50.7 Å². The summed E-state index contributed by atoms with van der Waals surface area (Å²) in [5.74, 6) is 0.917. The Kier molecular flexibility index (Phi) is 6.17. The van der Waals surface area contributed by atoms with Crippen LogP contribution in [0.1, 0.15) is 81.0 Å². The number of nitrogens with one attached hydrogen (secondary N) is 1. The number of carbonyl (C=O) groups is 2. The van der Waals surface area contributed by atoms with Crippen molar-refractivity contribution in [2.45, 2.75) is 76.7 Å². The lowest BCUT2D eigenvalue weighted by Crippen LogP contribution is -2.59. The number of hydrogen-bond donors (Lipinski definition) is 2. The summed E-state index contributed by atoms with van der Waals surface area (Å²) in [5, 5.41) is 14.6. The van der Waals surface area contributed by atoms with Crippen LogP contribution in [0.25, 0.3) is 10.8 Å². The first-order valence-electron chi connectivity index (χ1n) is 13.8. The molecule has 2 aromatic carbocycles. The zero-order valence-corrected chi connectivity index (χ0v) is 20.8. The van der Waals surface area contributed by atoms with E-state index in [4.69, 9.17) is 4.74 Å². The quantitative estimate of drug-likeness (QED) is 0.472. The van der Waals surface area contributed by atoms with Gasteiger partial charge in [0.2, 0.25) is 0 Å². The van der Waals surface area contributed by atoms with Gasteiger partial charge in [0.1, 0.15) is 17.6 Å². The second-order valence-corrected chi connectivity index (χ2v) is 12.1. The third-order valence-electron chi connectivity index (χ3n) is 9.59. The predicted molar refractivity (Wildman–Crippen MR) is 135 cm³/mol. The molecule has 0 heterocycles. The van der Waals surface area contributed by atoms with Crippen molar-refractivity contribution in [1.29, 1.82) is 0 Å². The van der Waals surface area contributed by atoms with Gasteiger partial charge >= 0.3 is 5.97 Å². The SMILES string of the molecule is O=C(N[C@H](C(=O)O)C12CC3CC(CC(C3)C1)C2)c1ccc2cc(F)ccc2c1OCC1CCCCC1. The molecular formula is C30H36FNO4. The van der Waals surface area contributed by atoms with Gasteiger partial charge in [-0.3, -0.25) is 4.79 Å². The minimum Gasteiger partial charge on any atom is -0.492 e. The van der Waals surface area contributed by atoms with Crippen LogP contribution in [0.3, 0.4) is 0 Å². The van der Waals surface area contributed by atoms with Crippen molar-refractivity contribution in [3.63, 3.8) is 0 Å². The fourth-order valence-electron chi connectivity index (χ4n) is 8.38. The number of hydrogen-bond acceptors (Lipinski definition) is 3. The molecule has 5 nitrogen and oxygen atoms in total. The monoisotopic (exact) mass is 493 g/mol. The van der Waals surface area contributed by atoms with Crippen LogP contribution in [0.4, 0.5) is 4.39 Å². The van der Waals surface area contributed by atoms with E-state index in [-0.39, 0.29) is 11.2 Å². The molecule has 5 saturated carbocycles. The Morgan fingerprint density at radius 2 is 1.67 bits per heavy atom. The Hall–Kier alpha value is -2.63. The molecule has 7 rings (SSSR count). The molecule has 5 aliphatic carbocycles. The summed E-state index contributed by atoms with van der Waals surface area (Å²) >= 11 is 0. The molecule has 0 aliphatic heterocycles. The van der Waals surface area contributed by atoms with Gasteiger partial charge < -0.3 is 15.2 Å². The number of fused-ring (bicyclic) bond motifs is 1. The van der Waals surface area contributed by atoms with Crippen molar-refractivity contribution in [3.8, 4) is 5.75 Å². The maximum atomic E-state index is 13.9. The fraction of sp³-hybridized carbons (Fsp3) is 0.600. The third-order valence-corrected chi connectivity index (χ3v) is 9.59. The smallest absolute Gasteiger partial charge is 0.326 e. The summed E-state index contributed by atoms with van der Waals surface area (Å²) in [6.07, 6.45) is 12.1. The normalized spacial score (nSPS) is 30.3. The number of carboxylic acids is 1. The average Bonchev–Trinajstić information content (AvgIpc) is 2.85. The topological polar surface area (TPSA) is 75.6 Å². The van der Waals surface area contributed by atoms with Gasteiger partial charge in [-0.15, -0.1) is 0 Å². The van der Waals surface area contributed by atoms with Gasteiger partial charge in [-0.25, -0.2) is 9.18 Å². The molecule has 4 bridgehead atoms. The van der Waals surface area contributed by atoms with Crippen molar-refractivity contribution >= 4 is 22.6 Å². The Balaban J connectivity index is 1.30. The van der Waals surface area contributed by atoms with Crippen LogP contribution in [0.2, 0.25) is 0 Å². The summed E-state index contributed by atoms with van der Waals surface area (Å²) < 4.78 is 20.3. The van der Waals surface area contributed by atoms with Crippen LogP contribution >= 0.6 is 0 Å². The number of carboxylic acid groups (broad SMARTS) is 1. The highest BCUT2D eigenvalue weighted by molar-refractivity contribution is 6.05. The molecule has 1 amide bonds. The van der Waals surface area contributed by atoms with Gasteiger partial charge in [0.15, 0.2) is 0 Å². The summed E-state index contributed by atoms with van der Waals surface area (Å²) in [5.41, 5.74) is -0.0276. The Labute approximate surface area is 211 Å². The summed E-state index contributed by atoms with van der Waals surface area (Å²) in [6.45, 7) is 0.508. The first-order chi connectivity index (χ1) is 17.4. The number of halogens is 1. The molecule has 0 unspecified atom stereocenters. The van der Waals surface area contributed by atoms with E-state index in [9.17, 15) is 19.1 Å². The van der Waals surface area contributed by atoms with E-state index < -0.39 is 17.9 Å². The number of carbonyl (C=O) groups excluding carboxylic acids is 1. The molecule has 5 fully saturated rings. The second kappa shape index (κ2) is 9.35. The van der Waals surface area contributed by atoms with Crippen LogP contribution in [-0.2, 0) is 4.79 Å². The lowest BCUT2D eigenvalue weighted by molar-refractivity contribution is -0.150. The standard InChI is InChI=1S/C30H36FNO4/c31-23-7-9-24-22(13-23)6-8-25(26(24)36-17-18-4-2-1-3-5-18)28(33)32-27(29(34)35)30-14-19-10-20(15-30)12-21(11-19)16-30/h6-9,13,18-21,27H,1-5,10-12,14-17H2,(H,32,33)(H,34,35)/t19?,20?,21?,27-,30?/m1/s1. The minimum absolute atomic E-state index is 0.334. The molecule has 36 heavy (non-hydrogen) atoms. The number of benzene rings is 2. The first kappa shape index (κ1) is 23.7. The zero-order chi connectivity index (χ0) is 24.9. The molecule has 2 aromatic rings. The molecule has 2 N–H and O–H groups in total. The predicted octanol–water partition coefficient (Wildman–Crippen LogP) is 6.34. The molecule has 0 radical (unpaired) electrons. The van der Waals surface area contributed by atoms with E-state index in [1.54, 1.807) is 18.2 Å². The van der Waals surface area contributed by atoms with Crippen molar-refractivity contribution in [2.75, 3.05) is 6.61 Å². The van der Waals surface area contributed by atoms with Crippen LogP contribution < -0.4 is 10.1 Å². The summed E-state index contributed by atoms with van der Waals surface area (Å²) in [7, 11) is 0. The second-order valence-electron chi connectivity index (χ2n) is 12.1. The van der Waals surface area contributed by atoms with Crippen LogP contribution in [-0.4, -0.2) is 29.6 Å². The number of aliphatic carboxylic acids is 1. The van der Waals surface area contributed by atoms with Gasteiger partial charge in [0, 0.05) is 10.8 Å². The van der Waals surface area contributed by atoms with E-state index in [0.29, 0.717) is 52.4 Å². The van der Waals surface area contributed by atoms with Gasteiger partial charge in [0.05, 0.1) is 12.2 Å². The molecule has 192 valence electrons. The maximum absolute atomic E-state index is 13.9. The highest BCUT2D eigenvalue weighted by Crippen LogP contribution is 2.61. The molecule has 0 aromatic heterocycles.